The fourth-order valence-corrected chi connectivity index (χ4v) is 3.10. The summed E-state index contributed by atoms with van der Waals surface area (Å²) in [7, 11) is 0. The van der Waals surface area contributed by atoms with Crippen molar-refractivity contribution in [2.45, 2.75) is 27.2 Å². The van der Waals surface area contributed by atoms with Crippen molar-refractivity contribution in [1.29, 1.82) is 0 Å². The maximum atomic E-state index is 5.01. The van der Waals surface area contributed by atoms with Crippen molar-refractivity contribution in [1.82, 2.24) is 10.3 Å². The number of hydrogen-bond acceptors (Lipinski definition) is 3. The Kier molecular flexibility index (Phi) is 3.62. The molecule has 1 fully saturated rings. The van der Waals surface area contributed by atoms with Gasteiger partial charge in [-0.3, -0.25) is 0 Å². The molecule has 2 aromatic rings. The Morgan fingerprint density at radius 3 is 2.60 bits per heavy atom. The van der Waals surface area contributed by atoms with E-state index in [1.807, 2.05) is 0 Å². The minimum atomic E-state index is 1.04. The number of nitrogens with one attached hydrogen (secondary N) is 1. The van der Waals surface area contributed by atoms with Gasteiger partial charge in [0.25, 0.3) is 0 Å². The highest BCUT2D eigenvalue weighted by Crippen LogP contribution is 2.27. The third-order valence-electron chi connectivity index (χ3n) is 4.11. The van der Waals surface area contributed by atoms with Gasteiger partial charge in [0.15, 0.2) is 0 Å². The first kappa shape index (κ1) is 13.4. The van der Waals surface area contributed by atoms with Crippen LogP contribution in [0.5, 0.6) is 0 Å². The summed E-state index contributed by atoms with van der Waals surface area (Å²) in [6, 6.07) is 6.80. The number of aryl methyl sites for hydroxylation is 3. The van der Waals surface area contributed by atoms with Gasteiger partial charge in [-0.15, -0.1) is 0 Å². The van der Waals surface area contributed by atoms with Gasteiger partial charge in [-0.05, 0) is 43.5 Å². The number of aromatic nitrogens is 1. The highest BCUT2D eigenvalue weighted by molar-refractivity contribution is 5.85. The molecule has 3 nitrogen and oxygen atoms in total. The molecule has 20 heavy (non-hydrogen) atoms. The zero-order valence-corrected chi connectivity index (χ0v) is 12.7. The molecule has 1 aliphatic rings. The molecule has 0 spiro atoms. The van der Waals surface area contributed by atoms with E-state index in [2.05, 4.69) is 49.2 Å². The Balaban J connectivity index is 2.15. The molecule has 106 valence electrons. The predicted molar refractivity (Wildman–Crippen MR) is 85.7 cm³/mol. The molecule has 0 saturated carbocycles. The topological polar surface area (TPSA) is 28.2 Å². The summed E-state index contributed by atoms with van der Waals surface area (Å²) in [5.41, 5.74) is 5.11. The van der Waals surface area contributed by atoms with Crippen molar-refractivity contribution in [2.75, 3.05) is 31.1 Å². The van der Waals surface area contributed by atoms with Crippen LogP contribution >= 0.6 is 0 Å². The highest BCUT2D eigenvalue weighted by Gasteiger charge is 2.16. The molecule has 1 N–H and O–H groups in total. The summed E-state index contributed by atoms with van der Waals surface area (Å²) in [6.45, 7) is 10.7. The first-order valence-electron chi connectivity index (χ1n) is 7.55. The molecule has 0 unspecified atom stereocenters. The average molecular weight is 269 g/mol. The van der Waals surface area contributed by atoms with Gasteiger partial charge in [-0.25, -0.2) is 4.98 Å². The lowest BCUT2D eigenvalue weighted by Gasteiger charge is -2.30. The number of pyridine rings is 1. The van der Waals surface area contributed by atoms with E-state index in [4.69, 9.17) is 4.98 Å². The monoisotopic (exact) mass is 269 g/mol. The summed E-state index contributed by atoms with van der Waals surface area (Å²) in [5.74, 6) is 1.19. The predicted octanol–water partition coefficient (Wildman–Crippen LogP) is 2.82. The molecule has 1 aromatic carbocycles. The van der Waals surface area contributed by atoms with Gasteiger partial charge in [0.05, 0.1) is 5.52 Å². The van der Waals surface area contributed by atoms with Gasteiger partial charge in [-0.1, -0.05) is 18.6 Å². The third-order valence-corrected chi connectivity index (χ3v) is 4.11. The Bertz CT molecular complexity index is 628. The second-order valence-electron chi connectivity index (χ2n) is 5.72. The number of anilines is 1. The van der Waals surface area contributed by atoms with Gasteiger partial charge in [-0.2, -0.15) is 0 Å². The molecule has 3 rings (SSSR count). The maximum absolute atomic E-state index is 5.01. The number of rotatable bonds is 2. The van der Waals surface area contributed by atoms with Gasteiger partial charge in [0.1, 0.15) is 5.82 Å². The van der Waals surface area contributed by atoms with Gasteiger partial charge < -0.3 is 10.2 Å². The van der Waals surface area contributed by atoms with Crippen LogP contribution in [0.1, 0.15) is 23.6 Å². The number of piperazine rings is 1. The van der Waals surface area contributed by atoms with Crippen molar-refractivity contribution >= 4 is 16.7 Å². The van der Waals surface area contributed by atoms with Crippen molar-refractivity contribution in [3.63, 3.8) is 0 Å². The van der Waals surface area contributed by atoms with Crippen LogP contribution in [0.4, 0.5) is 5.82 Å². The standard InChI is InChI=1S/C17H23N3/c1-4-14-11-15-10-12(2)9-13(3)16(15)19-17(14)20-7-5-18-6-8-20/h9-11,18H,4-8H2,1-3H3. The minimum Gasteiger partial charge on any atom is -0.354 e. The number of fused-ring (bicyclic) bond motifs is 1. The highest BCUT2D eigenvalue weighted by atomic mass is 15.2. The Hall–Kier alpha value is -1.61. The van der Waals surface area contributed by atoms with Crippen LogP contribution in [-0.4, -0.2) is 31.2 Å². The Morgan fingerprint density at radius 2 is 1.90 bits per heavy atom. The molecule has 0 radical (unpaired) electrons. The summed E-state index contributed by atoms with van der Waals surface area (Å²) in [6.07, 6.45) is 1.04. The van der Waals surface area contributed by atoms with Crippen molar-refractivity contribution in [3.05, 3.63) is 34.9 Å². The lowest BCUT2D eigenvalue weighted by Crippen LogP contribution is -2.44. The fraction of sp³-hybridized carbons (Fsp3) is 0.471. The minimum absolute atomic E-state index is 1.04. The van der Waals surface area contributed by atoms with E-state index in [1.165, 1.54) is 27.9 Å². The summed E-state index contributed by atoms with van der Waals surface area (Å²) >= 11 is 0. The average Bonchev–Trinajstić information content (AvgIpc) is 2.46. The van der Waals surface area contributed by atoms with E-state index >= 15 is 0 Å². The second kappa shape index (κ2) is 5.41. The van der Waals surface area contributed by atoms with E-state index in [0.717, 1.165) is 38.1 Å². The first-order chi connectivity index (χ1) is 9.69. The largest absolute Gasteiger partial charge is 0.354 e. The lowest BCUT2D eigenvalue weighted by molar-refractivity contribution is 0.584. The number of benzene rings is 1. The molecule has 0 amide bonds. The van der Waals surface area contributed by atoms with Gasteiger partial charge in [0, 0.05) is 31.6 Å². The molecule has 1 aliphatic heterocycles. The summed E-state index contributed by atoms with van der Waals surface area (Å²) in [4.78, 5) is 7.43. The fourth-order valence-electron chi connectivity index (χ4n) is 3.10. The molecule has 2 heterocycles. The van der Waals surface area contributed by atoms with Gasteiger partial charge in [0.2, 0.25) is 0 Å². The summed E-state index contributed by atoms with van der Waals surface area (Å²) < 4.78 is 0. The van der Waals surface area contributed by atoms with Crippen molar-refractivity contribution in [2.24, 2.45) is 0 Å². The van der Waals surface area contributed by atoms with E-state index in [1.54, 1.807) is 0 Å². The zero-order valence-electron chi connectivity index (χ0n) is 12.7. The van der Waals surface area contributed by atoms with Crippen LogP contribution in [0.2, 0.25) is 0 Å². The van der Waals surface area contributed by atoms with Crippen LogP contribution in [0, 0.1) is 13.8 Å². The quantitative estimate of drug-likeness (QED) is 0.908. The van der Waals surface area contributed by atoms with E-state index in [-0.39, 0.29) is 0 Å². The van der Waals surface area contributed by atoms with E-state index < -0.39 is 0 Å². The zero-order chi connectivity index (χ0) is 14.1. The van der Waals surface area contributed by atoms with Crippen LogP contribution in [0.15, 0.2) is 18.2 Å². The summed E-state index contributed by atoms with van der Waals surface area (Å²) in [5, 5.41) is 4.68. The molecule has 0 aliphatic carbocycles. The van der Waals surface area contributed by atoms with Crippen LogP contribution in [-0.2, 0) is 6.42 Å². The SMILES string of the molecule is CCc1cc2cc(C)cc(C)c2nc1N1CCNCC1. The first-order valence-corrected chi connectivity index (χ1v) is 7.55. The van der Waals surface area contributed by atoms with E-state index in [0.29, 0.717) is 0 Å². The van der Waals surface area contributed by atoms with Crippen LogP contribution < -0.4 is 10.2 Å². The number of hydrogen-bond donors (Lipinski definition) is 1. The molecular weight excluding hydrogens is 246 g/mol. The Labute approximate surface area is 121 Å². The molecular formula is C17H23N3. The molecule has 1 aromatic heterocycles. The molecule has 1 saturated heterocycles. The van der Waals surface area contributed by atoms with E-state index in [9.17, 15) is 0 Å². The number of nitrogens with zero attached hydrogens (tertiary/aromatic N) is 2. The van der Waals surface area contributed by atoms with Gasteiger partial charge >= 0.3 is 0 Å². The normalized spacial score (nSPS) is 15.8. The van der Waals surface area contributed by atoms with Crippen molar-refractivity contribution in [3.8, 4) is 0 Å². The van der Waals surface area contributed by atoms with Crippen LogP contribution in [0.3, 0.4) is 0 Å². The Morgan fingerprint density at radius 1 is 1.15 bits per heavy atom. The molecule has 3 heteroatoms. The third kappa shape index (κ3) is 2.38. The maximum Gasteiger partial charge on any atom is 0.132 e. The molecule has 0 atom stereocenters. The van der Waals surface area contributed by atoms with Crippen molar-refractivity contribution < 1.29 is 0 Å². The smallest absolute Gasteiger partial charge is 0.132 e. The lowest BCUT2D eigenvalue weighted by atomic mass is 10.0. The molecule has 0 bridgehead atoms. The second-order valence-corrected chi connectivity index (χ2v) is 5.72. The van der Waals surface area contributed by atoms with Crippen LogP contribution in [0.25, 0.3) is 10.9 Å².